The van der Waals surface area contributed by atoms with Crippen LogP contribution >= 0.6 is 0 Å². The number of hydrogen-bond donors (Lipinski definition) is 0. The summed E-state index contributed by atoms with van der Waals surface area (Å²) in [6.07, 6.45) is 4.07. The molecule has 2 aliphatic heterocycles. The molecule has 2 fully saturated rings. The van der Waals surface area contributed by atoms with E-state index < -0.39 is 0 Å². The Morgan fingerprint density at radius 3 is 2.71 bits per heavy atom. The lowest BCUT2D eigenvalue weighted by Gasteiger charge is -2.28. The molecule has 3 rings (SSSR count). The summed E-state index contributed by atoms with van der Waals surface area (Å²) >= 11 is 0. The van der Waals surface area contributed by atoms with Crippen LogP contribution in [-0.4, -0.2) is 62.3 Å². The Bertz CT molecular complexity index is 593. The highest BCUT2D eigenvalue weighted by Crippen LogP contribution is 2.26. The summed E-state index contributed by atoms with van der Waals surface area (Å²) in [6.45, 7) is 5.43. The van der Waals surface area contributed by atoms with Gasteiger partial charge in [0.2, 0.25) is 0 Å². The van der Waals surface area contributed by atoms with E-state index in [2.05, 4.69) is 15.9 Å². The first-order valence-corrected chi connectivity index (χ1v) is 8.79. The second-order valence-corrected chi connectivity index (χ2v) is 6.83. The Labute approximate surface area is 144 Å². The standard InChI is InChI=1S/C19H27N3O2/c1-23-18-10-17(13-21-7-3-4-8-21)22(14-18)12-15-5-6-16(11-20)19(9-15)24-2/h5-6,9,17-18H,3-4,7-8,10,12-14H2,1-2H3/t17-,18-/m0/s1. The van der Waals surface area contributed by atoms with Gasteiger partial charge in [0.1, 0.15) is 11.8 Å². The maximum Gasteiger partial charge on any atom is 0.136 e. The lowest BCUT2D eigenvalue weighted by molar-refractivity contribution is 0.107. The number of nitriles is 1. The summed E-state index contributed by atoms with van der Waals surface area (Å²) in [4.78, 5) is 5.10. The maximum absolute atomic E-state index is 9.13. The van der Waals surface area contributed by atoms with Crippen LogP contribution in [0.25, 0.3) is 0 Å². The largest absolute Gasteiger partial charge is 0.495 e. The molecule has 0 aromatic heterocycles. The minimum absolute atomic E-state index is 0.317. The van der Waals surface area contributed by atoms with E-state index in [1.165, 1.54) is 31.5 Å². The first-order chi connectivity index (χ1) is 11.7. The van der Waals surface area contributed by atoms with Crippen molar-refractivity contribution in [1.29, 1.82) is 5.26 Å². The van der Waals surface area contributed by atoms with Crippen LogP contribution in [0.1, 0.15) is 30.4 Å². The van der Waals surface area contributed by atoms with Crippen LogP contribution < -0.4 is 4.74 Å². The van der Waals surface area contributed by atoms with Gasteiger partial charge < -0.3 is 14.4 Å². The molecule has 2 heterocycles. The number of benzene rings is 1. The van der Waals surface area contributed by atoms with Crippen molar-refractivity contribution in [3.05, 3.63) is 29.3 Å². The number of likely N-dealkylation sites (tertiary alicyclic amines) is 2. The molecule has 2 aliphatic rings. The van der Waals surface area contributed by atoms with Crippen LogP contribution in [0.4, 0.5) is 0 Å². The average molecular weight is 329 g/mol. The Morgan fingerprint density at radius 2 is 2.04 bits per heavy atom. The number of rotatable bonds is 6. The Balaban J connectivity index is 1.70. The normalized spacial score (nSPS) is 25.0. The highest BCUT2D eigenvalue weighted by atomic mass is 16.5. The van der Waals surface area contributed by atoms with Gasteiger partial charge in [0.25, 0.3) is 0 Å². The summed E-state index contributed by atoms with van der Waals surface area (Å²) in [5.41, 5.74) is 1.78. The van der Waals surface area contributed by atoms with Gasteiger partial charge in [-0.2, -0.15) is 5.26 Å². The van der Waals surface area contributed by atoms with E-state index in [-0.39, 0.29) is 0 Å². The molecule has 24 heavy (non-hydrogen) atoms. The molecule has 0 spiro atoms. The molecule has 5 heteroatoms. The van der Waals surface area contributed by atoms with Gasteiger partial charge in [-0.1, -0.05) is 6.07 Å². The molecular formula is C19H27N3O2. The average Bonchev–Trinajstić information content (AvgIpc) is 3.25. The number of ether oxygens (including phenoxy) is 2. The fraction of sp³-hybridized carbons (Fsp3) is 0.632. The van der Waals surface area contributed by atoms with Crippen molar-refractivity contribution in [3.63, 3.8) is 0 Å². The Hall–Kier alpha value is -1.61. The predicted molar refractivity (Wildman–Crippen MR) is 93.0 cm³/mol. The minimum Gasteiger partial charge on any atom is -0.495 e. The zero-order valence-corrected chi connectivity index (χ0v) is 14.7. The lowest BCUT2D eigenvalue weighted by atomic mass is 10.1. The van der Waals surface area contributed by atoms with Crippen molar-refractivity contribution in [1.82, 2.24) is 9.80 Å². The van der Waals surface area contributed by atoms with E-state index in [1.807, 2.05) is 25.3 Å². The van der Waals surface area contributed by atoms with Crippen LogP contribution in [0, 0.1) is 11.3 Å². The zero-order chi connectivity index (χ0) is 16.9. The van der Waals surface area contributed by atoms with Crippen molar-refractivity contribution >= 4 is 0 Å². The van der Waals surface area contributed by atoms with Gasteiger partial charge in [0, 0.05) is 32.8 Å². The monoisotopic (exact) mass is 329 g/mol. The Morgan fingerprint density at radius 1 is 1.25 bits per heavy atom. The third-order valence-electron chi connectivity index (χ3n) is 5.26. The molecule has 0 radical (unpaired) electrons. The van der Waals surface area contributed by atoms with Gasteiger partial charge in [0.15, 0.2) is 0 Å². The molecule has 1 aromatic carbocycles. The van der Waals surface area contributed by atoms with Gasteiger partial charge in [0.05, 0.1) is 18.8 Å². The van der Waals surface area contributed by atoms with Crippen molar-refractivity contribution in [3.8, 4) is 11.8 Å². The smallest absolute Gasteiger partial charge is 0.136 e. The second-order valence-electron chi connectivity index (χ2n) is 6.83. The fourth-order valence-corrected chi connectivity index (χ4v) is 3.92. The van der Waals surface area contributed by atoms with Gasteiger partial charge >= 0.3 is 0 Å². The second kappa shape index (κ2) is 7.98. The molecule has 0 saturated carbocycles. The number of hydrogen-bond acceptors (Lipinski definition) is 5. The summed E-state index contributed by atoms with van der Waals surface area (Å²) in [7, 11) is 3.43. The highest BCUT2D eigenvalue weighted by Gasteiger charge is 2.33. The van der Waals surface area contributed by atoms with Crippen molar-refractivity contribution in [2.75, 3.05) is 40.4 Å². The topological polar surface area (TPSA) is 48.7 Å². The molecule has 0 aliphatic carbocycles. The van der Waals surface area contributed by atoms with E-state index in [9.17, 15) is 0 Å². The van der Waals surface area contributed by atoms with Crippen LogP contribution in [0.5, 0.6) is 5.75 Å². The van der Waals surface area contributed by atoms with E-state index in [1.54, 1.807) is 7.11 Å². The van der Waals surface area contributed by atoms with E-state index >= 15 is 0 Å². The van der Waals surface area contributed by atoms with E-state index in [0.717, 1.165) is 26.1 Å². The first-order valence-electron chi connectivity index (χ1n) is 8.79. The third kappa shape index (κ3) is 3.89. The molecule has 0 unspecified atom stereocenters. The van der Waals surface area contributed by atoms with Crippen LogP contribution in [-0.2, 0) is 11.3 Å². The predicted octanol–water partition coefficient (Wildman–Crippen LogP) is 2.25. The van der Waals surface area contributed by atoms with Crippen molar-refractivity contribution < 1.29 is 9.47 Å². The van der Waals surface area contributed by atoms with E-state index in [0.29, 0.717) is 23.5 Å². The lowest BCUT2D eigenvalue weighted by Crippen LogP contribution is -2.38. The molecule has 0 bridgehead atoms. The summed E-state index contributed by atoms with van der Waals surface area (Å²) in [5.74, 6) is 0.661. The molecule has 0 amide bonds. The molecule has 0 N–H and O–H groups in total. The number of methoxy groups -OCH3 is 2. The molecular weight excluding hydrogens is 302 g/mol. The van der Waals surface area contributed by atoms with Crippen LogP contribution in [0.3, 0.4) is 0 Å². The molecule has 130 valence electrons. The highest BCUT2D eigenvalue weighted by molar-refractivity contribution is 5.45. The van der Waals surface area contributed by atoms with Gasteiger partial charge in [-0.3, -0.25) is 4.90 Å². The zero-order valence-electron chi connectivity index (χ0n) is 14.7. The fourth-order valence-electron chi connectivity index (χ4n) is 3.92. The molecule has 2 saturated heterocycles. The molecule has 1 aromatic rings. The third-order valence-corrected chi connectivity index (χ3v) is 5.26. The van der Waals surface area contributed by atoms with Gasteiger partial charge in [-0.25, -0.2) is 0 Å². The van der Waals surface area contributed by atoms with Crippen LogP contribution in [0.15, 0.2) is 18.2 Å². The van der Waals surface area contributed by atoms with Gasteiger partial charge in [-0.05, 0) is 50.0 Å². The SMILES string of the molecule is COc1cc(CN2C[C@@H](OC)C[C@H]2CN2CCCC2)ccc1C#N. The van der Waals surface area contributed by atoms with Crippen molar-refractivity contribution in [2.24, 2.45) is 0 Å². The summed E-state index contributed by atoms with van der Waals surface area (Å²) in [6, 6.07) is 8.59. The molecule has 5 nitrogen and oxygen atoms in total. The quantitative estimate of drug-likeness (QED) is 0.801. The molecule has 2 atom stereocenters. The first kappa shape index (κ1) is 17.2. The minimum atomic E-state index is 0.317. The van der Waals surface area contributed by atoms with E-state index in [4.69, 9.17) is 14.7 Å². The summed E-state index contributed by atoms with van der Waals surface area (Å²) < 4.78 is 11.0. The van der Waals surface area contributed by atoms with Crippen LogP contribution in [0.2, 0.25) is 0 Å². The number of nitrogens with zero attached hydrogens (tertiary/aromatic N) is 3. The Kier molecular flexibility index (Phi) is 5.72. The summed E-state index contributed by atoms with van der Waals surface area (Å²) in [5, 5.41) is 9.13. The van der Waals surface area contributed by atoms with Crippen molar-refractivity contribution in [2.45, 2.75) is 38.0 Å². The maximum atomic E-state index is 9.13. The van der Waals surface area contributed by atoms with Gasteiger partial charge in [-0.15, -0.1) is 0 Å².